The van der Waals surface area contributed by atoms with Crippen LogP contribution in [0.3, 0.4) is 0 Å². The molecule has 0 aliphatic heterocycles. The van der Waals surface area contributed by atoms with Gasteiger partial charge in [-0.25, -0.2) is 9.97 Å². The molecule has 0 saturated carbocycles. The Bertz CT molecular complexity index is 1300. The zero-order valence-corrected chi connectivity index (χ0v) is 19.7. The predicted octanol–water partition coefficient (Wildman–Crippen LogP) is 5.71. The maximum atomic E-state index is 12.6. The lowest BCUT2D eigenvalue weighted by molar-refractivity contribution is 0.104. The molecule has 0 N–H and O–H groups in total. The van der Waals surface area contributed by atoms with Crippen molar-refractivity contribution in [2.75, 3.05) is 26.6 Å². The van der Waals surface area contributed by atoms with Crippen LogP contribution in [0.1, 0.15) is 15.9 Å². The Kier molecular flexibility index (Phi) is 7.78. The van der Waals surface area contributed by atoms with Crippen LogP contribution < -0.4 is 14.2 Å². The van der Waals surface area contributed by atoms with Gasteiger partial charge in [-0.1, -0.05) is 18.2 Å². The second-order valence-corrected chi connectivity index (χ2v) is 8.31. The lowest BCUT2D eigenvalue weighted by atomic mass is 10.1. The number of ketones is 1. The average Bonchev–Trinajstić information content (AvgIpc) is 2.90. The Balaban J connectivity index is 1.30. The van der Waals surface area contributed by atoms with Gasteiger partial charge in [0.05, 0.1) is 26.3 Å². The predicted molar refractivity (Wildman–Crippen MR) is 135 cm³/mol. The van der Waals surface area contributed by atoms with Crippen LogP contribution in [-0.4, -0.2) is 42.3 Å². The molecule has 0 atom stereocenters. The molecule has 0 radical (unpaired) electrons. The number of allylic oxidation sites excluding steroid dienone is 1. The second kappa shape index (κ2) is 11.3. The number of para-hydroxylation sites is 1. The Morgan fingerprint density at radius 1 is 0.941 bits per heavy atom. The fourth-order valence-corrected chi connectivity index (χ4v) is 4.14. The first-order valence-corrected chi connectivity index (χ1v) is 11.7. The van der Waals surface area contributed by atoms with Gasteiger partial charge < -0.3 is 14.2 Å². The SMILES string of the molecule is COc1ccc(/C=C/C(=O)c2ccc(OCCSc3ncnc4ccccc34)cc2)c(OC)c1. The topological polar surface area (TPSA) is 70.5 Å². The fourth-order valence-electron chi connectivity index (χ4n) is 3.33. The molecule has 0 saturated heterocycles. The number of hydrogen-bond acceptors (Lipinski definition) is 7. The van der Waals surface area contributed by atoms with Gasteiger partial charge in [0.1, 0.15) is 28.6 Å². The van der Waals surface area contributed by atoms with Crippen molar-refractivity contribution in [2.45, 2.75) is 5.03 Å². The van der Waals surface area contributed by atoms with E-state index < -0.39 is 0 Å². The molecule has 4 rings (SSSR count). The molecule has 6 nitrogen and oxygen atoms in total. The van der Waals surface area contributed by atoms with Crippen LogP contribution in [0.4, 0.5) is 0 Å². The molecule has 0 spiro atoms. The van der Waals surface area contributed by atoms with Crippen molar-refractivity contribution in [2.24, 2.45) is 0 Å². The van der Waals surface area contributed by atoms with Crippen molar-refractivity contribution in [1.29, 1.82) is 0 Å². The van der Waals surface area contributed by atoms with Crippen LogP contribution in [0, 0.1) is 0 Å². The first-order valence-electron chi connectivity index (χ1n) is 10.7. The summed E-state index contributed by atoms with van der Waals surface area (Å²) in [7, 11) is 3.18. The summed E-state index contributed by atoms with van der Waals surface area (Å²) in [5.74, 6) is 2.69. The summed E-state index contributed by atoms with van der Waals surface area (Å²) in [4.78, 5) is 21.2. The molecule has 1 heterocycles. The molecule has 0 fully saturated rings. The highest BCUT2D eigenvalue weighted by Gasteiger charge is 2.07. The Morgan fingerprint density at radius 3 is 2.53 bits per heavy atom. The van der Waals surface area contributed by atoms with E-state index in [1.54, 1.807) is 68.7 Å². The van der Waals surface area contributed by atoms with Gasteiger partial charge in [0.2, 0.25) is 0 Å². The molecule has 0 aliphatic carbocycles. The molecule has 0 bridgehead atoms. The first-order chi connectivity index (χ1) is 16.7. The summed E-state index contributed by atoms with van der Waals surface area (Å²) in [5, 5.41) is 1.98. The molecule has 0 amide bonds. The van der Waals surface area contributed by atoms with Gasteiger partial charge in [0.25, 0.3) is 0 Å². The van der Waals surface area contributed by atoms with Crippen LogP contribution >= 0.6 is 11.8 Å². The molecular formula is C27H24N2O4S. The Labute approximate surface area is 202 Å². The van der Waals surface area contributed by atoms with Crippen molar-refractivity contribution in [3.05, 3.63) is 90.3 Å². The number of hydrogen-bond donors (Lipinski definition) is 0. The average molecular weight is 473 g/mol. The third-order valence-corrected chi connectivity index (χ3v) is 6.06. The van der Waals surface area contributed by atoms with Crippen molar-refractivity contribution in [3.8, 4) is 17.2 Å². The smallest absolute Gasteiger partial charge is 0.185 e. The summed E-state index contributed by atoms with van der Waals surface area (Å²) in [5.41, 5.74) is 2.31. The van der Waals surface area contributed by atoms with Gasteiger partial charge in [-0.15, -0.1) is 11.8 Å². The molecule has 1 aromatic heterocycles. The number of fused-ring (bicyclic) bond motifs is 1. The monoisotopic (exact) mass is 472 g/mol. The number of ether oxygens (including phenoxy) is 3. The molecule has 0 aliphatic rings. The minimum Gasteiger partial charge on any atom is -0.497 e. The lowest BCUT2D eigenvalue weighted by Gasteiger charge is -2.08. The third-order valence-electron chi connectivity index (χ3n) is 5.09. The number of benzene rings is 3. The van der Waals surface area contributed by atoms with Crippen LogP contribution in [-0.2, 0) is 0 Å². The van der Waals surface area contributed by atoms with Crippen LogP contribution in [0.15, 0.2) is 84.2 Å². The van der Waals surface area contributed by atoms with Crippen LogP contribution in [0.2, 0.25) is 0 Å². The molecule has 0 unspecified atom stereocenters. The van der Waals surface area contributed by atoms with E-state index in [0.717, 1.165) is 27.2 Å². The van der Waals surface area contributed by atoms with E-state index in [0.29, 0.717) is 29.4 Å². The number of carbonyl (C=O) groups excluding carboxylic acids is 1. The summed E-state index contributed by atoms with van der Waals surface area (Å²) < 4.78 is 16.4. The maximum absolute atomic E-state index is 12.6. The lowest BCUT2D eigenvalue weighted by Crippen LogP contribution is -2.01. The van der Waals surface area contributed by atoms with Crippen LogP contribution in [0.25, 0.3) is 17.0 Å². The summed E-state index contributed by atoms with van der Waals surface area (Å²) >= 11 is 1.63. The van der Waals surface area contributed by atoms with E-state index in [4.69, 9.17) is 14.2 Å². The van der Waals surface area contributed by atoms with Gasteiger partial charge in [-0.05, 0) is 54.6 Å². The zero-order chi connectivity index (χ0) is 23.8. The fraction of sp³-hybridized carbons (Fsp3) is 0.148. The van der Waals surface area contributed by atoms with Crippen molar-refractivity contribution < 1.29 is 19.0 Å². The maximum Gasteiger partial charge on any atom is 0.185 e. The number of aromatic nitrogens is 2. The Hall–Kier alpha value is -3.84. The number of rotatable bonds is 10. The summed E-state index contributed by atoms with van der Waals surface area (Å²) in [6, 6.07) is 20.5. The molecule has 4 aromatic rings. The minimum absolute atomic E-state index is 0.101. The minimum atomic E-state index is -0.101. The normalized spacial score (nSPS) is 11.0. The summed E-state index contributed by atoms with van der Waals surface area (Å²) in [6.45, 7) is 0.521. The molecule has 172 valence electrons. The van der Waals surface area contributed by atoms with Gasteiger partial charge in [-0.3, -0.25) is 4.79 Å². The molecule has 3 aromatic carbocycles. The number of carbonyl (C=O) groups is 1. The van der Waals surface area contributed by atoms with E-state index in [1.165, 1.54) is 6.08 Å². The van der Waals surface area contributed by atoms with Gasteiger partial charge in [0.15, 0.2) is 5.78 Å². The van der Waals surface area contributed by atoms with E-state index in [9.17, 15) is 4.79 Å². The van der Waals surface area contributed by atoms with Gasteiger partial charge in [0, 0.05) is 28.3 Å². The molecule has 34 heavy (non-hydrogen) atoms. The highest BCUT2D eigenvalue weighted by Crippen LogP contribution is 2.26. The van der Waals surface area contributed by atoms with Crippen molar-refractivity contribution >= 4 is 34.5 Å². The van der Waals surface area contributed by atoms with E-state index >= 15 is 0 Å². The molecular weight excluding hydrogens is 448 g/mol. The van der Waals surface area contributed by atoms with E-state index in [1.807, 2.05) is 36.4 Å². The number of methoxy groups -OCH3 is 2. The third kappa shape index (κ3) is 5.74. The zero-order valence-electron chi connectivity index (χ0n) is 18.9. The molecule has 7 heteroatoms. The van der Waals surface area contributed by atoms with Crippen molar-refractivity contribution in [3.63, 3.8) is 0 Å². The van der Waals surface area contributed by atoms with Gasteiger partial charge in [-0.2, -0.15) is 0 Å². The van der Waals surface area contributed by atoms with E-state index in [2.05, 4.69) is 9.97 Å². The Morgan fingerprint density at radius 2 is 1.74 bits per heavy atom. The van der Waals surface area contributed by atoms with Crippen molar-refractivity contribution in [1.82, 2.24) is 9.97 Å². The standard InChI is InChI=1S/C27H24N2O4S/c1-31-22-13-9-20(26(17-22)32-2)10-14-25(30)19-7-11-21(12-8-19)33-15-16-34-27-23-5-3-4-6-24(23)28-18-29-27/h3-14,17-18H,15-16H2,1-2H3/b14-10+. The number of nitrogens with zero attached hydrogens (tertiary/aromatic N) is 2. The quantitative estimate of drug-likeness (QED) is 0.0962. The number of thioether (sulfide) groups is 1. The summed E-state index contributed by atoms with van der Waals surface area (Å²) in [6.07, 6.45) is 4.85. The van der Waals surface area contributed by atoms with E-state index in [-0.39, 0.29) is 5.78 Å². The van der Waals surface area contributed by atoms with Gasteiger partial charge >= 0.3 is 0 Å². The highest BCUT2D eigenvalue weighted by atomic mass is 32.2. The van der Waals surface area contributed by atoms with Crippen LogP contribution in [0.5, 0.6) is 17.2 Å². The largest absolute Gasteiger partial charge is 0.497 e. The second-order valence-electron chi connectivity index (χ2n) is 7.22. The first kappa shape index (κ1) is 23.3. The highest BCUT2D eigenvalue weighted by molar-refractivity contribution is 7.99.